The first-order valence-corrected chi connectivity index (χ1v) is 6.20. The molecule has 0 bridgehead atoms. The quantitative estimate of drug-likeness (QED) is 0.897. The zero-order valence-corrected chi connectivity index (χ0v) is 10.3. The van der Waals surface area contributed by atoms with E-state index in [1.165, 1.54) is 12.1 Å². The van der Waals surface area contributed by atoms with E-state index in [4.69, 9.17) is 4.74 Å². The number of rotatable bonds is 2. The molecule has 1 aromatic carbocycles. The molecule has 19 heavy (non-hydrogen) atoms. The maximum absolute atomic E-state index is 13.7. The van der Waals surface area contributed by atoms with Gasteiger partial charge in [-0.25, -0.2) is 4.39 Å². The number of halogens is 3. The minimum atomic E-state index is -3.02. The second-order valence-corrected chi connectivity index (χ2v) is 4.94. The van der Waals surface area contributed by atoms with Crippen molar-refractivity contribution in [3.63, 3.8) is 0 Å². The van der Waals surface area contributed by atoms with Crippen LogP contribution in [-0.2, 0) is 11.2 Å². The van der Waals surface area contributed by atoms with Crippen LogP contribution < -0.4 is 10.1 Å². The van der Waals surface area contributed by atoms with E-state index in [9.17, 15) is 13.2 Å². The molecular weight excluding hydrogens is 259 g/mol. The van der Waals surface area contributed by atoms with Crippen LogP contribution in [0, 0.1) is 5.82 Å². The third-order valence-corrected chi connectivity index (χ3v) is 3.57. The van der Waals surface area contributed by atoms with Crippen LogP contribution in [0.4, 0.5) is 13.2 Å². The van der Waals surface area contributed by atoms with E-state index in [1.807, 2.05) is 6.92 Å². The van der Waals surface area contributed by atoms with Crippen molar-refractivity contribution >= 4 is 0 Å². The summed E-state index contributed by atoms with van der Waals surface area (Å²) in [5.41, 5.74) is 1.57. The molecule has 1 fully saturated rings. The number of fused-ring (bicyclic) bond motifs is 3. The van der Waals surface area contributed by atoms with Gasteiger partial charge in [-0.1, -0.05) is 0 Å². The molecule has 3 atom stereocenters. The number of ether oxygens (including phenoxy) is 2. The Hall–Kier alpha value is -1.27. The van der Waals surface area contributed by atoms with Gasteiger partial charge in [0.05, 0.1) is 18.2 Å². The third kappa shape index (κ3) is 2.30. The summed E-state index contributed by atoms with van der Waals surface area (Å²) >= 11 is 0. The highest BCUT2D eigenvalue weighted by Gasteiger charge is 2.38. The van der Waals surface area contributed by atoms with Crippen molar-refractivity contribution in [2.24, 2.45) is 0 Å². The molecular formula is C13H14F3NO2. The highest BCUT2D eigenvalue weighted by molar-refractivity contribution is 5.43. The molecule has 6 heteroatoms. The van der Waals surface area contributed by atoms with Gasteiger partial charge in [-0.15, -0.1) is 0 Å². The Morgan fingerprint density at radius 3 is 2.95 bits per heavy atom. The van der Waals surface area contributed by atoms with Gasteiger partial charge in [-0.3, -0.25) is 0 Å². The van der Waals surface area contributed by atoms with Crippen molar-refractivity contribution in [3.05, 3.63) is 29.1 Å². The van der Waals surface area contributed by atoms with E-state index in [1.54, 1.807) is 0 Å². The standard InChI is InChI=1S/C13H14F3NO2/c1-6-5-17-12-8-4-9(14)10(19-13(15)16)2-7(8)3-11(12)18-6/h2,4,6,11-13,17H,3,5H2,1H3/t6-,11+,12-/m0/s1. The van der Waals surface area contributed by atoms with Gasteiger partial charge in [0.25, 0.3) is 0 Å². The monoisotopic (exact) mass is 273 g/mol. The molecule has 1 aromatic rings. The largest absolute Gasteiger partial charge is 0.432 e. The lowest BCUT2D eigenvalue weighted by Crippen LogP contribution is -2.44. The maximum Gasteiger partial charge on any atom is 0.387 e. The molecule has 1 heterocycles. The summed E-state index contributed by atoms with van der Waals surface area (Å²) in [5, 5.41) is 3.29. The topological polar surface area (TPSA) is 30.5 Å². The van der Waals surface area contributed by atoms with E-state index in [-0.39, 0.29) is 18.2 Å². The lowest BCUT2D eigenvalue weighted by atomic mass is 10.1. The average molecular weight is 273 g/mol. The van der Waals surface area contributed by atoms with Crippen LogP contribution in [0.2, 0.25) is 0 Å². The van der Waals surface area contributed by atoms with Crippen LogP contribution >= 0.6 is 0 Å². The summed E-state index contributed by atoms with van der Waals surface area (Å²) in [4.78, 5) is 0. The second kappa shape index (κ2) is 4.68. The van der Waals surface area contributed by atoms with Gasteiger partial charge in [0, 0.05) is 13.0 Å². The summed E-state index contributed by atoms with van der Waals surface area (Å²) in [6.07, 6.45) is 0.606. The fourth-order valence-electron chi connectivity index (χ4n) is 2.81. The van der Waals surface area contributed by atoms with Gasteiger partial charge in [0.1, 0.15) is 0 Å². The van der Waals surface area contributed by atoms with Crippen molar-refractivity contribution in [1.82, 2.24) is 5.32 Å². The lowest BCUT2D eigenvalue weighted by Gasteiger charge is -2.32. The first-order chi connectivity index (χ1) is 9.04. The van der Waals surface area contributed by atoms with Gasteiger partial charge in [0.15, 0.2) is 11.6 Å². The number of hydrogen-bond acceptors (Lipinski definition) is 3. The Kier molecular flexibility index (Phi) is 3.14. The van der Waals surface area contributed by atoms with Gasteiger partial charge < -0.3 is 14.8 Å². The first-order valence-electron chi connectivity index (χ1n) is 6.20. The van der Waals surface area contributed by atoms with E-state index in [0.717, 1.165) is 11.1 Å². The Bertz CT molecular complexity index is 495. The van der Waals surface area contributed by atoms with Crippen molar-refractivity contribution in [1.29, 1.82) is 0 Å². The average Bonchev–Trinajstić information content (AvgIpc) is 2.65. The number of nitrogens with one attached hydrogen (secondary N) is 1. The highest BCUT2D eigenvalue weighted by atomic mass is 19.3. The minimum Gasteiger partial charge on any atom is -0.432 e. The summed E-state index contributed by atoms with van der Waals surface area (Å²) in [6.45, 7) is -0.374. The van der Waals surface area contributed by atoms with E-state index >= 15 is 0 Å². The predicted molar refractivity (Wildman–Crippen MR) is 61.8 cm³/mol. The summed E-state index contributed by atoms with van der Waals surface area (Å²) < 4.78 is 48.0. The molecule has 0 radical (unpaired) electrons. The van der Waals surface area contributed by atoms with Gasteiger partial charge in [-0.2, -0.15) is 8.78 Å². The van der Waals surface area contributed by atoms with Crippen LogP contribution in [0.25, 0.3) is 0 Å². The van der Waals surface area contributed by atoms with Gasteiger partial charge >= 0.3 is 6.61 Å². The summed E-state index contributed by atoms with van der Waals surface area (Å²) in [6, 6.07) is 2.55. The molecule has 0 amide bonds. The minimum absolute atomic E-state index is 0.0682. The number of benzene rings is 1. The van der Waals surface area contributed by atoms with E-state index in [2.05, 4.69) is 10.1 Å². The summed E-state index contributed by atoms with van der Waals surface area (Å²) in [5.74, 6) is -1.17. The lowest BCUT2D eigenvalue weighted by molar-refractivity contribution is -0.0522. The fourth-order valence-corrected chi connectivity index (χ4v) is 2.81. The van der Waals surface area contributed by atoms with Crippen LogP contribution in [0.15, 0.2) is 12.1 Å². The van der Waals surface area contributed by atoms with Crippen LogP contribution in [-0.4, -0.2) is 25.4 Å². The molecule has 2 aliphatic rings. The van der Waals surface area contributed by atoms with Gasteiger partial charge in [0.2, 0.25) is 0 Å². The predicted octanol–water partition coefficient (Wildman–Crippen LogP) is 2.40. The Balaban J connectivity index is 1.90. The SMILES string of the molecule is C[C@H]1CN[C@H]2c3cc(F)c(OC(F)F)cc3C[C@H]2O1. The third-order valence-electron chi connectivity index (χ3n) is 3.57. The first kappa shape index (κ1) is 12.7. The van der Waals surface area contributed by atoms with Crippen molar-refractivity contribution in [2.75, 3.05) is 6.54 Å². The molecule has 1 N–H and O–H groups in total. The normalized spacial score (nSPS) is 29.2. The Labute approximate surface area is 108 Å². The summed E-state index contributed by atoms with van der Waals surface area (Å²) in [7, 11) is 0. The Morgan fingerprint density at radius 1 is 1.42 bits per heavy atom. The van der Waals surface area contributed by atoms with E-state index in [0.29, 0.717) is 13.0 Å². The number of morpholine rings is 1. The maximum atomic E-state index is 13.7. The molecule has 0 saturated carbocycles. The van der Waals surface area contributed by atoms with Crippen LogP contribution in [0.3, 0.4) is 0 Å². The second-order valence-electron chi connectivity index (χ2n) is 4.94. The molecule has 3 rings (SSSR count). The van der Waals surface area contributed by atoms with Crippen LogP contribution in [0.1, 0.15) is 24.1 Å². The highest BCUT2D eigenvalue weighted by Crippen LogP contribution is 2.39. The molecule has 1 aliphatic heterocycles. The van der Waals surface area contributed by atoms with Crippen molar-refractivity contribution in [3.8, 4) is 5.75 Å². The molecule has 104 valence electrons. The molecule has 0 spiro atoms. The Morgan fingerprint density at radius 2 is 2.21 bits per heavy atom. The zero-order valence-electron chi connectivity index (χ0n) is 10.3. The van der Waals surface area contributed by atoms with Crippen molar-refractivity contribution < 1.29 is 22.6 Å². The fraction of sp³-hybridized carbons (Fsp3) is 0.538. The molecule has 3 nitrogen and oxygen atoms in total. The van der Waals surface area contributed by atoms with Crippen LogP contribution in [0.5, 0.6) is 5.75 Å². The molecule has 1 saturated heterocycles. The van der Waals surface area contributed by atoms with Crippen molar-refractivity contribution in [2.45, 2.75) is 38.2 Å². The smallest absolute Gasteiger partial charge is 0.387 e. The molecule has 0 aromatic heterocycles. The van der Waals surface area contributed by atoms with E-state index < -0.39 is 18.2 Å². The van der Waals surface area contributed by atoms with Gasteiger partial charge in [-0.05, 0) is 30.2 Å². The molecule has 1 aliphatic carbocycles. The molecule has 0 unspecified atom stereocenters. The number of alkyl halides is 2. The zero-order chi connectivity index (χ0) is 13.6. The number of hydrogen-bond donors (Lipinski definition) is 1.